The molecule has 7 heteroatoms. The Morgan fingerprint density at radius 2 is 1.37 bits per heavy atom. The van der Waals surface area contributed by atoms with Crippen LogP contribution in [0.25, 0.3) is 0 Å². The Labute approximate surface area is 309 Å². The highest BCUT2D eigenvalue weighted by molar-refractivity contribution is 7.74. The largest absolute Gasteiger partial charge is 0.459 e. The van der Waals surface area contributed by atoms with E-state index in [2.05, 4.69) is 45.0 Å². The third-order valence-corrected chi connectivity index (χ3v) is 12.6. The molecule has 1 aliphatic rings. The van der Waals surface area contributed by atoms with E-state index in [-0.39, 0.29) is 24.0 Å². The minimum absolute atomic E-state index is 0.165. The van der Waals surface area contributed by atoms with Crippen LogP contribution >= 0.6 is 7.37 Å². The summed E-state index contributed by atoms with van der Waals surface area (Å²) in [5.41, 5.74) is 1.97. The number of carbonyl (C=O) groups is 2. The van der Waals surface area contributed by atoms with Crippen molar-refractivity contribution in [3.63, 3.8) is 0 Å². The zero-order chi connectivity index (χ0) is 36.8. The van der Waals surface area contributed by atoms with Gasteiger partial charge in [0, 0.05) is 28.7 Å². The van der Waals surface area contributed by atoms with Crippen molar-refractivity contribution >= 4 is 29.9 Å². The maximum absolute atomic E-state index is 14.8. The number of esters is 2. The van der Waals surface area contributed by atoms with Crippen LogP contribution in [0.2, 0.25) is 0 Å². The summed E-state index contributed by atoms with van der Waals surface area (Å²) in [4.78, 5) is 25.9. The number of unbranched alkanes of at least 4 members (excludes halogenated alkanes) is 1. The first-order valence-corrected chi connectivity index (χ1v) is 20.0. The zero-order valence-corrected chi connectivity index (χ0v) is 31.4. The van der Waals surface area contributed by atoms with E-state index in [0.717, 1.165) is 24.8 Å². The van der Waals surface area contributed by atoms with Crippen molar-refractivity contribution in [1.82, 2.24) is 0 Å². The van der Waals surface area contributed by atoms with E-state index in [9.17, 15) is 14.2 Å². The summed E-state index contributed by atoms with van der Waals surface area (Å²) in [6.45, 7) is 6.91. The van der Waals surface area contributed by atoms with Crippen LogP contribution < -0.4 is 10.6 Å². The van der Waals surface area contributed by atoms with E-state index in [1.807, 2.05) is 97.1 Å². The second-order valence-electron chi connectivity index (χ2n) is 14.2. The van der Waals surface area contributed by atoms with Gasteiger partial charge in [0.2, 0.25) is 0 Å². The lowest BCUT2D eigenvalue weighted by Gasteiger charge is -2.43. The Kier molecular flexibility index (Phi) is 14.0. The summed E-state index contributed by atoms with van der Waals surface area (Å²) in [5.74, 6) is -0.232. The number of allylic oxidation sites excluding steroid dienone is 1. The van der Waals surface area contributed by atoms with Crippen LogP contribution in [0, 0.1) is 11.8 Å². The van der Waals surface area contributed by atoms with E-state index in [4.69, 9.17) is 14.0 Å². The molecule has 0 aliphatic heterocycles. The number of benzene rings is 4. The Balaban J connectivity index is 1.30. The molecule has 0 N–H and O–H groups in total. The summed E-state index contributed by atoms with van der Waals surface area (Å²) in [6, 6.07) is 38.4. The second kappa shape index (κ2) is 18.8. The first-order valence-electron chi connectivity index (χ1n) is 18.4. The van der Waals surface area contributed by atoms with Gasteiger partial charge in [-0.15, -0.1) is 0 Å². The summed E-state index contributed by atoms with van der Waals surface area (Å²) in [5, 5.41) is 1.15. The number of rotatable bonds is 16. The van der Waals surface area contributed by atoms with E-state index in [1.54, 1.807) is 12.2 Å². The lowest BCUT2D eigenvalue weighted by molar-refractivity contribution is -0.150. The summed E-state index contributed by atoms with van der Waals surface area (Å²) in [6.07, 6.45) is 9.93. The Morgan fingerprint density at radius 3 is 1.98 bits per heavy atom. The minimum atomic E-state index is -3.55. The van der Waals surface area contributed by atoms with Crippen molar-refractivity contribution in [3.8, 4) is 0 Å². The van der Waals surface area contributed by atoms with Crippen LogP contribution in [-0.2, 0) is 40.2 Å². The van der Waals surface area contributed by atoms with Crippen LogP contribution in [-0.4, -0.2) is 24.1 Å². The van der Waals surface area contributed by atoms with Gasteiger partial charge < -0.3 is 14.0 Å². The first-order chi connectivity index (χ1) is 25.1. The SMILES string of the molecule is C[C@@H]1CC[C@@H](C(C)(C)c2ccccc2)[C@H](OC(=O)/C=C/[C@@H](CCC/C=C/C(=O)OCc2ccccc2)OP(=O)(c2ccccc2)c2ccccc2)C1. The molecule has 1 aliphatic carbocycles. The predicted molar refractivity (Wildman–Crippen MR) is 209 cm³/mol. The normalized spacial score (nSPS) is 18.6. The van der Waals surface area contributed by atoms with E-state index < -0.39 is 25.4 Å². The molecule has 4 aromatic carbocycles. The molecule has 0 amide bonds. The van der Waals surface area contributed by atoms with Crippen LogP contribution in [0.15, 0.2) is 146 Å². The fourth-order valence-electron chi connectivity index (χ4n) is 7.03. The second-order valence-corrected chi connectivity index (χ2v) is 16.6. The summed E-state index contributed by atoms with van der Waals surface area (Å²) >= 11 is 0. The lowest BCUT2D eigenvalue weighted by Crippen LogP contribution is -2.43. The summed E-state index contributed by atoms with van der Waals surface area (Å²) in [7, 11) is -3.55. The molecule has 1 fully saturated rings. The van der Waals surface area contributed by atoms with Gasteiger partial charge in [-0.2, -0.15) is 0 Å². The number of ether oxygens (including phenoxy) is 2. The van der Waals surface area contributed by atoms with E-state index in [0.29, 0.717) is 35.8 Å². The monoisotopic (exact) mass is 718 g/mol. The molecule has 0 bridgehead atoms. The maximum Gasteiger partial charge on any atom is 0.330 e. The molecular weight excluding hydrogens is 667 g/mol. The van der Waals surface area contributed by atoms with Crippen molar-refractivity contribution in [2.75, 3.05) is 0 Å². The molecular formula is C45H51O6P. The van der Waals surface area contributed by atoms with Gasteiger partial charge in [-0.1, -0.05) is 130 Å². The molecule has 272 valence electrons. The predicted octanol–water partition coefficient (Wildman–Crippen LogP) is 9.65. The number of hydrogen-bond donors (Lipinski definition) is 0. The average molecular weight is 719 g/mol. The fraction of sp³-hybridized carbons (Fsp3) is 0.333. The molecule has 0 radical (unpaired) electrons. The third-order valence-electron chi connectivity index (χ3n) is 10.0. The molecule has 0 saturated heterocycles. The fourth-order valence-corrected chi connectivity index (χ4v) is 9.26. The number of carbonyl (C=O) groups excluding carboxylic acids is 2. The van der Waals surface area contributed by atoms with Gasteiger partial charge in [-0.25, -0.2) is 9.59 Å². The Bertz CT molecular complexity index is 1760. The van der Waals surface area contributed by atoms with Gasteiger partial charge >= 0.3 is 11.9 Å². The molecule has 4 atom stereocenters. The zero-order valence-electron chi connectivity index (χ0n) is 30.5. The van der Waals surface area contributed by atoms with Gasteiger partial charge in [0.1, 0.15) is 12.7 Å². The molecule has 1 saturated carbocycles. The average Bonchev–Trinajstić information content (AvgIpc) is 3.17. The highest BCUT2D eigenvalue weighted by atomic mass is 31.2. The van der Waals surface area contributed by atoms with Gasteiger partial charge in [-0.05, 0) is 84.9 Å². The molecule has 4 aromatic rings. The number of hydrogen-bond acceptors (Lipinski definition) is 6. The molecule has 0 aromatic heterocycles. The first kappa shape index (κ1) is 38.7. The molecule has 52 heavy (non-hydrogen) atoms. The molecule has 5 rings (SSSR count). The molecule has 0 unspecified atom stereocenters. The maximum atomic E-state index is 14.8. The van der Waals surface area contributed by atoms with Crippen molar-refractivity contribution in [3.05, 3.63) is 157 Å². The van der Waals surface area contributed by atoms with Crippen molar-refractivity contribution < 1.29 is 28.2 Å². The van der Waals surface area contributed by atoms with Crippen molar-refractivity contribution in [1.29, 1.82) is 0 Å². The van der Waals surface area contributed by atoms with Crippen molar-refractivity contribution in [2.24, 2.45) is 11.8 Å². The van der Waals surface area contributed by atoms with Crippen LogP contribution in [0.3, 0.4) is 0 Å². The van der Waals surface area contributed by atoms with Crippen molar-refractivity contribution in [2.45, 2.75) is 83.5 Å². The smallest absolute Gasteiger partial charge is 0.330 e. The van der Waals surface area contributed by atoms with Crippen LogP contribution in [0.4, 0.5) is 0 Å². The highest BCUT2D eigenvalue weighted by Gasteiger charge is 2.42. The Morgan fingerprint density at radius 1 is 0.788 bits per heavy atom. The van der Waals surface area contributed by atoms with E-state index in [1.165, 1.54) is 17.7 Å². The molecule has 0 spiro atoms. The topological polar surface area (TPSA) is 78.9 Å². The van der Waals surface area contributed by atoms with Gasteiger partial charge in [0.15, 0.2) is 0 Å². The Hall–Kier alpha value is -4.51. The molecule has 6 nitrogen and oxygen atoms in total. The van der Waals surface area contributed by atoms with E-state index >= 15 is 0 Å². The minimum Gasteiger partial charge on any atom is -0.459 e. The lowest BCUT2D eigenvalue weighted by atomic mass is 9.64. The summed E-state index contributed by atoms with van der Waals surface area (Å²) < 4.78 is 33.0. The highest BCUT2D eigenvalue weighted by Crippen LogP contribution is 2.47. The van der Waals surface area contributed by atoms with Crippen LogP contribution in [0.1, 0.15) is 70.4 Å². The van der Waals surface area contributed by atoms with Gasteiger partial charge in [-0.3, -0.25) is 4.57 Å². The van der Waals surface area contributed by atoms with Gasteiger partial charge in [0.05, 0.1) is 6.10 Å². The standard InChI is InChI=1S/C45H51O6P/c1-35-29-31-41(45(2,3)37-21-11-5-12-22-37)42(33-35)50-44(47)32-30-38(23-13-6-18-28-43(46)49-34-36-19-9-4-10-20-36)51-52(48,39-24-14-7-15-25-39)40-26-16-8-17-27-40/h4-5,7-12,14-22,24-28,30,32,35,38,41-42H,6,13,23,29,31,33-34H2,1-3H3/b28-18+,32-30+/t35-,38-,41-,42-/m1/s1. The molecule has 0 heterocycles. The third kappa shape index (κ3) is 10.8. The van der Waals surface area contributed by atoms with Crippen LogP contribution in [0.5, 0.6) is 0 Å². The van der Waals surface area contributed by atoms with Gasteiger partial charge in [0.25, 0.3) is 7.37 Å². The quantitative estimate of drug-likeness (QED) is 0.0497.